The summed E-state index contributed by atoms with van der Waals surface area (Å²) < 4.78 is 0. The first kappa shape index (κ1) is 17.8. The summed E-state index contributed by atoms with van der Waals surface area (Å²) in [5, 5.41) is 6.36. The Hall–Kier alpha value is -0.280. The normalized spacial score (nSPS) is 21.1. The Balaban J connectivity index is 0.00000200. The second-order valence-electron chi connectivity index (χ2n) is 6.62. The molecule has 0 heterocycles. The summed E-state index contributed by atoms with van der Waals surface area (Å²) in [4.78, 5) is 11.7. The van der Waals surface area contributed by atoms with Gasteiger partial charge in [-0.15, -0.1) is 12.4 Å². The van der Waals surface area contributed by atoms with E-state index in [9.17, 15) is 4.79 Å². The van der Waals surface area contributed by atoms with Crippen LogP contribution in [0.2, 0.25) is 0 Å². The van der Waals surface area contributed by atoms with E-state index in [1.165, 1.54) is 51.4 Å². The summed E-state index contributed by atoms with van der Waals surface area (Å²) >= 11 is 0. The van der Waals surface area contributed by atoms with Gasteiger partial charge in [0, 0.05) is 6.04 Å². The van der Waals surface area contributed by atoms with Gasteiger partial charge in [-0.1, -0.05) is 32.1 Å². The van der Waals surface area contributed by atoms with Crippen LogP contribution in [0.3, 0.4) is 0 Å². The summed E-state index contributed by atoms with van der Waals surface area (Å²) in [6.07, 6.45) is 12.2. The van der Waals surface area contributed by atoms with Gasteiger partial charge in [-0.05, 0) is 51.0 Å². The first-order valence-electron chi connectivity index (χ1n) is 8.24. The minimum absolute atomic E-state index is 0. The van der Waals surface area contributed by atoms with Crippen LogP contribution in [-0.4, -0.2) is 25.0 Å². The average molecular weight is 303 g/mol. The highest BCUT2D eigenvalue weighted by Crippen LogP contribution is 2.28. The zero-order valence-corrected chi connectivity index (χ0v) is 13.6. The molecule has 2 N–H and O–H groups in total. The first-order valence-corrected chi connectivity index (χ1v) is 8.24. The molecule has 2 fully saturated rings. The van der Waals surface area contributed by atoms with Crippen LogP contribution in [0.15, 0.2) is 0 Å². The lowest BCUT2D eigenvalue weighted by atomic mass is 9.85. The lowest BCUT2D eigenvalue weighted by Crippen LogP contribution is -2.39. The largest absolute Gasteiger partial charge is 0.353 e. The van der Waals surface area contributed by atoms with Crippen molar-refractivity contribution in [3.05, 3.63) is 0 Å². The van der Waals surface area contributed by atoms with Gasteiger partial charge in [0.1, 0.15) is 0 Å². The van der Waals surface area contributed by atoms with Crippen molar-refractivity contribution in [2.45, 2.75) is 70.8 Å². The van der Waals surface area contributed by atoms with Gasteiger partial charge in [-0.25, -0.2) is 0 Å². The third-order valence-electron chi connectivity index (χ3n) is 4.56. The summed E-state index contributed by atoms with van der Waals surface area (Å²) in [5.41, 5.74) is 0. The maximum Gasteiger partial charge on any atom is 0.234 e. The number of hydrogen-bond acceptors (Lipinski definition) is 2. The quantitative estimate of drug-likeness (QED) is 0.722. The van der Waals surface area contributed by atoms with Gasteiger partial charge < -0.3 is 10.6 Å². The highest BCUT2D eigenvalue weighted by atomic mass is 35.5. The Morgan fingerprint density at radius 2 is 1.80 bits per heavy atom. The van der Waals surface area contributed by atoms with Crippen LogP contribution in [0.5, 0.6) is 0 Å². The fraction of sp³-hybridized carbons (Fsp3) is 0.938. The van der Waals surface area contributed by atoms with Gasteiger partial charge in [-0.3, -0.25) is 4.79 Å². The van der Waals surface area contributed by atoms with Crippen LogP contribution in [-0.2, 0) is 4.79 Å². The molecule has 0 aliphatic heterocycles. The molecule has 2 aliphatic carbocycles. The van der Waals surface area contributed by atoms with Gasteiger partial charge in [0.15, 0.2) is 0 Å². The van der Waals surface area contributed by atoms with Crippen molar-refractivity contribution in [1.82, 2.24) is 10.6 Å². The molecule has 1 unspecified atom stereocenters. The molecular weight excluding hydrogens is 272 g/mol. The lowest BCUT2D eigenvalue weighted by molar-refractivity contribution is -0.120. The van der Waals surface area contributed by atoms with Crippen LogP contribution in [0, 0.1) is 11.8 Å². The minimum Gasteiger partial charge on any atom is -0.353 e. The number of carbonyl (C=O) groups is 1. The highest BCUT2D eigenvalue weighted by Gasteiger charge is 2.20. The summed E-state index contributed by atoms with van der Waals surface area (Å²) in [5.74, 6) is 1.93. The Bertz CT molecular complexity index is 276. The fourth-order valence-electron chi connectivity index (χ4n) is 3.07. The van der Waals surface area contributed by atoms with Gasteiger partial charge in [0.2, 0.25) is 5.91 Å². The third-order valence-corrected chi connectivity index (χ3v) is 4.56. The Morgan fingerprint density at radius 3 is 2.45 bits per heavy atom. The molecule has 0 aromatic carbocycles. The van der Waals surface area contributed by atoms with Crippen LogP contribution >= 0.6 is 12.4 Å². The van der Waals surface area contributed by atoms with E-state index < -0.39 is 0 Å². The van der Waals surface area contributed by atoms with Gasteiger partial charge in [0.05, 0.1) is 6.54 Å². The summed E-state index contributed by atoms with van der Waals surface area (Å²) in [6, 6.07) is 0.331. The second-order valence-corrected chi connectivity index (χ2v) is 6.62. The topological polar surface area (TPSA) is 41.1 Å². The molecule has 2 aliphatic rings. The molecule has 1 amide bonds. The van der Waals surface area contributed by atoms with Crippen molar-refractivity contribution >= 4 is 18.3 Å². The standard InChI is InChI=1S/C16H30N2O.ClH/c1-13(7-8-14-5-3-2-4-6-14)18-16(19)12-17-11-15-9-10-15;/h13-15,17H,2-12H2,1H3,(H,18,19);1H. The maximum absolute atomic E-state index is 11.7. The number of halogens is 1. The van der Waals surface area contributed by atoms with Crippen molar-refractivity contribution < 1.29 is 4.79 Å². The highest BCUT2D eigenvalue weighted by molar-refractivity contribution is 5.85. The summed E-state index contributed by atoms with van der Waals surface area (Å²) in [6.45, 7) is 3.65. The van der Waals surface area contributed by atoms with E-state index in [0.717, 1.165) is 24.8 Å². The molecule has 2 rings (SSSR count). The van der Waals surface area contributed by atoms with E-state index in [1.807, 2.05) is 0 Å². The molecule has 4 heteroatoms. The molecule has 0 spiro atoms. The SMILES string of the molecule is CC(CCC1CCCCC1)NC(=O)CNCC1CC1.Cl. The number of carbonyl (C=O) groups excluding carboxylic acids is 1. The van der Waals surface area contributed by atoms with E-state index in [2.05, 4.69) is 17.6 Å². The van der Waals surface area contributed by atoms with E-state index >= 15 is 0 Å². The fourth-order valence-corrected chi connectivity index (χ4v) is 3.07. The molecule has 20 heavy (non-hydrogen) atoms. The molecule has 118 valence electrons. The van der Waals surface area contributed by atoms with Crippen molar-refractivity contribution in [2.75, 3.05) is 13.1 Å². The van der Waals surface area contributed by atoms with Gasteiger partial charge in [0.25, 0.3) is 0 Å². The van der Waals surface area contributed by atoms with Gasteiger partial charge >= 0.3 is 0 Å². The number of hydrogen-bond donors (Lipinski definition) is 2. The monoisotopic (exact) mass is 302 g/mol. The van der Waals surface area contributed by atoms with E-state index in [-0.39, 0.29) is 18.3 Å². The average Bonchev–Trinajstić information content (AvgIpc) is 3.22. The first-order chi connectivity index (χ1) is 9.24. The molecule has 0 saturated heterocycles. The number of rotatable bonds is 8. The smallest absolute Gasteiger partial charge is 0.234 e. The predicted octanol–water partition coefficient (Wildman–Crippen LogP) is 3.27. The van der Waals surface area contributed by atoms with Crippen LogP contribution in [0.25, 0.3) is 0 Å². The molecule has 0 radical (unpaired) electrons. The molecule has 3 nitrogen and oxygen atoms in total. The van der Waals surface area contributed by atoms with Crippen LogP contribution in [0.1, 0.15) is 64.7 Å². The molecular formula is C16H31ClN2O. The third kappa shape index (κ3) is 7.49. The molecule has 0 bridgehead atoms. The zero-order chi connectivity index (χ0) is 13.5. The minimum atomic E-state index is 0. The Kier molecular flexibility index (Phi) is 8.55. The van der Waals surface area contributed by atoms with Crippen LogP contribution < -0.4 is 10.6 Å². The molecule has 0 aromatic rings. The second kappa shape index (κ2) is 9.62. The Morgan fingerprint density at radius 1 is 1.10 bits per heavy atom. The van der Waals surface area contributed by atoms with Crippen molar-refractivity contribution in [3.8, 4) is 0 Å². The zero-order valence-electron chi connectivity index (χ0n) is 12.8. The van der Waals surface area contributed by atoms with E-state index in [0.29, 0.717) is 12.6 Å². The van der Waals surface area contributed by atoms with Crippen molar-refractivity contribution in [1.29, 1.82) is 0 Å². The maximum atomic E-state index is 11.7. The lowest BCUT2D eigenvalue weighted by Gasteiger charge is -2.23. The molecule has 1 atom stereocenters. The summed E-state index contributed by atoms with van der Waals surface area (Å²) in [7, 11) is 0. The molecule has 0 aromatic heterocycles. The number of nitrogens with one attached hydrogen (secondary N) is 2. The van der Waals surface area contributed by atoms with Crippen molar-refractivity contribution in [3.63, 3.8) is 0 Å². The van der Waals surface area contributed by atoms with Crippen molar-refractivity contribution in [2.24, 2.45) is 11.8 Å². The van der Waals surface area contributed by atoms with E-state index in [4.69, 9.17) is 0 Å². The van der Waals surface area contributed by atoms with Gasteiger partial charge in [-0.2, -0.15) is 0 Å². The predicted molar refractivity (Wildman–Crippen MR) is 86.3 cm³/mol. The van der Waals surface area contributed by atoms with E-state index in [1.54, 1.807) is 0 Å². The molecule has 2 saturated carbocycles. The number of amides is 1. The Labute approximate surface area is 130 Å². The van der Waals surface area contributed by atoms with Crippen LogP contribution in [0.4, 0.5) is 0 Å².